The molecule has 0 bridgehead atoms. The van der Waals surface area contributed by atoms with E-state index in [4.69, 9.17) is 16.1 Å². The highest BCUT2D eigenvalue weighted by atomic mass is 19.1. The molecule has 16 heavy (non-hydrogen) atoms. The molecule has 4 N–H and O–H groups in total. The van der Waals surface area contributed by atoms with E-state index in [-0.39, 0.29) is 6.42 Å². The minimum absolute atomic E-state index is 0.234. The van der Waals surface area contributed by atoms with E-state index in [2.05, 4.69) is 5.32 Å². The van der Waals surface area contributed by atoms with Gasteiger partial charge in [0.15, 0.2) is 0 Å². The number of hydrogen-bond donors (Lipinski definition) is 3. The standard InChI is InChI=1S/C10H16FN3O2/c1-9(11,6-15)4-7(8(13)16)14-10(5-12)2-3-10/h7,14-15H,2-4,6H2,1H3,(H2,13,16)/t7-,9?/m0/s1. The molecule has 1 fully saturated rings. The number of nitrogens with one attached hydrogen (secondary N) is 1. The molecule has 0 aliphatic heterocycles. The molecule has 1 aliphatic rings. The van der Waals surface area contributed by atoms with Crippen LogP contribution >= 0.6 is 0 Å². The summed E-state index contributed by atoms with van der Waals surface area (Å²) in [5.74, 6) is -0.709. The molecule has 0 saturated heterocycles. The second-order valence-corrected chi connectivity index (χ2v) is 4.57. The van der Waals surface area contributed by atoms with Gasteiger partial charge in [-0.25, -0.2) is 4.39 Å². The summed E-state index contributed by atoms with van der Waals surface area (Å²) in [6.07, 6.45) is 1.03. The zero-order valence-corrected chi connectivity index (χ0v) is 9.16. The number of halogens is 1. The van der Waals surface area contributed by atoms with Gasteiger partial charge in [0, 0.05) is 6.42 Å². The van der Waals surface area contributed by atoms with Crippen LogP contribution < -0.4 is 11.1 Å². The van der Waals surface area contributed by atoms with Crippen LogP contribution in [0.15, 0.2) is 0 Å². The number of hydrogen-bond acceptors (Lipinski definition) is 4. The molecule has 0 spiro atoms. The molecule has 1 amide bonds. The number of carbonyl (C=O) groups excluding carboxylic acids is 1. The van der Waals surface area contributed by atoms with Crippen LogP contribution in [0, 0.1) is 11.3 Å². The van der Waals surface area contributed by atoms with Crippen LogP contribution in [0.25, 0.3) is 0 Å². The highest BCUT2D eigenvalue weighted by Gasteiger charge is 2.46. The lowest BCUT2D eigenvalue weighted by atomic mass is 9.98. The Hall–Kier alpha value is -1.19. The Balaban J connectivity index is 2.63. The Labute approximate surface area is 93.4 Å². The zero-order chi connectivity index (χ0) is 12.4. The molecule has 0 heterocycles. The summed E-state index contributed by atoms with van der Waals surface area (Å²) in [4.78, 5) is 11.1. The predicted molar refractivity (Wildman–Crippen MR) is 54.9 cm³/mol. The van der Waals surface area contributed by atoms with Crippen LogP contribution in [0.5, 0.6) is 0 Å². The van der Waals surface area contributed by atoms with Crippen molar-refractivity contribution < 1.29 is 14.3 Å². The molecule has 90 valence electrons. The maximum atomic E-state index is 13.5. The van der Waals surface area contributed by atoms with Gasteiger partial charge in [-0.1, -0.05) is 0 Å². The average molecular weight is 229 g/mol. The highest BCUT2D eigenvalue weighted by molar-refractivity contribution is 5.80. The van der Waals surface area contributed by atoms with Gasteiger partial charge in [-0.3, -0.25) is 10.1 Å². The quantitative estimate of drug-likeness (QED) is 0.577. The second-order valence-electron chi connectivity index (χ2n) is 4.57. The number of aliphatic hydroxyl groups excluding tert-OH is 1. The number of carbonyl (C=O) groups is 1. The Morgan fingerprint density at radius 3 is 2.69 bits per heavy atom. The molecular formula is C10H16FN3O2. The Kier molecular flexibility index (Phi) is 3.51. The molecule has 1 unspecified atom stereocenters. The Morgan fingerprint density at radius 2 is 2.38 bits per heavy atom. The van der Waals surface area contributed by atoms with Crippen molar-refractivity contribution in [1.82, 2.24) is 5.32 Å². The topological polar surface area (TPSA) is 99.1 Å². The number of primary amides is 1. The first-order chi connectivity index (χ1) is 7.34. The molecule has 2 atom stereocenters. The molecule has 0 aromatic rings. The maximum Gasteiger partial charge on any atom is 0.234 e. The second kappa shape index (κ2) is 4.36. The fourth-order valence-corrected chi connectivity index (χ4v) is 1.46. The summed E-state index contributed by atoms with van der Waals surface area (Å²) in [5, 5.41) is 20.4. The summed E-state index contributed by atoms with van der Waals surface area (Å²) in [5.41, 5.74) is 2.52. The van der Waals surface area contributed by atoms with Gasteiger partial charge in [0.1, 0.15) is 11.2 Å². The summed E-state index contributed by atoms with van der Waals surface area (Å²) < 4.78 is 13.5. The predicted octanol–water partition coefficient (Wildman–Crippen LogP) is -0.403. The van der Waals surface area contributed by atoms with Crippen LogP contribution in [0.3, 0.4) is 0 Å². The molecule has 5 nitrogen and oxygen atoms in total. The van der Waals surface area contributed by atoms with Gasteiger partial charge in [-0.05, 0) is 19.8 Å². The molecular weight excluding hydrogens is 213 g/mol. The van der Waals surface area contributed by atoms with Crippen LogP contribution in [0.1, 0.15) is 26.2 Å². The Bertz CT molecular complexity index is 321. The van der Waals surface area contributed by atoms with Gasteiger partial charge in [-0.15, -0.1) is 0 Å². The summed E-state index contributed by atoms with van der Waals surface area (Å²) in [6, 6.07) is 1.11. The van der Waals surface area contributed by atoms with E-state index in [1.54, 1.807) is 0 Å². The third-order valence-corrected chi connectivity index (χ3v) is 2.72. The lowest BCUT2D eigenvalue weighted by Crippen LogP contribution is -2.50. The molecule has 0 aromatic heterocycles. The first kappa shape index (κ1) is 12.9. The number of aliphatic hydroxyl groups is 1. The van der Waals surface area contributed by atoms with Crippen LogP contribution in [-0.4, -0.2) is 34.9 Å². The molecule has 1 saturated carbocycles. The van der Waals surface area contributed by atoms with Gasteiger partial charge < -0.3 is 10.8 Å². The van der Waals surface area contributed by atoms with E-state index < -0.39 is 29.8 Å². The van der Waals surface area contributed by atoms with Gasteiger partial charge in [0.2, 0.25) is 5.91 Å². The van der Waals surface area contributed by atoms with Crippen molar-refractivity contribution in [3.8, 4) is 6.07 Å². The van der Waals surface area contributed by atoms with Crippen molar-refractivity contribution in [1.29, 1.82) is 5.26 Å². The first-order valence-corrected chi connectivity index (χ1v) is 5.12. The minimum atomic E-state index is -1.88. The van der Waals surface area contributed by atoms with Crippen molar-refractivity contribution in [2.45, 2.75) is 43.4 Å². The number of rotatable bonds is 6. The van der Waals surface area contributed by atoms with Crippen LogP contribution in [0.4, 0.5) is 4.39 Å². The van der Waals surface area contributed by atoms with Crippen molar-refractivity contribution in [3.63, 3.8) is 0 Å². The summed E-state index contributed by atoms with van der Waals surface area (Å²) in [7, 11) is 0. The SMILES string of the molecule is CC(F)(CO)C[C@H](NC1(C#N)CC1)C(N)=O. The smallest absolute Gasteiger partial charge is 0.234 e. The molecule has 6 heteroatoms. The number of nitrogens with zero attached hydrogens (tertiary/aromatic N) is 1. The number of nitrogens with two attached hydrogens (primary N) is 1. The monoisotopic (exact) mass is 229 g/mol. The fraction of sp³-hybridized carbons (Fsp3) is 0.800. The van der Waals surface area contributed by atoms with Gasteiger partial charge in [0.05, 0.1) is 18.7 Å². The van der Waals surface area contributed by atoms with E-state index in [1.807, 2.05) is 6.07 Å². The molecule has 1 aliphatic carbocycles. The largest absolute Gasteiger partial charge is 0.393 e. The number of nitriles is 1. The van der Waals surface area contributed by atoms with Crippen LogP contribution in [-0.2, 0) is 4.79 Å². The lowest BCUT2D eigenvalue weighted by molar-refractivity contribution is -0.121. The van der Waals surface area contributed by atoms with Gasteiger partial charge in [0.25, 0.3) is 0 Å². The van der Waals surface area contributed by atoms with Crippen molar-refractivity contribution >= 4 is 5.91 Å². The summed E-state index contributed by atoms with van der Waals surface area (Å²) in [6.45, 7) is 0.509. The van der Waals surface area contributed by atoms with E-state index >= 15 is 0 Å². The highest BCUT2D eigenvalue weighted by Crippen LogP contribution is 2.35. The van der Waals surface area contributed by atoms with E-state index in [9.17, 15) is 9.18 Å². The normalized spacial score (nSPS) is 22.9. The molecule has 0 radical (unpaired) electrons. The molecule has 0 aromatic carbocycles. The van der Waals surface area contributed by atoms with Crippen LogP contribution in [0.2, 0.25) is 0 Å². The average Bonchev–Trinajstić information content (AvgIpc) is 2.97. The fourth-order valence-electron chi connectivity index (χ4n) is 1.46. The van der Waals surface area contributed by atoms with E-state index in [0.29, 0.717) is 12.8 Å². The zero-order valence-electron chi connectivity index (χ0n) is 9.16. The van der Waals surface area contributed by atoms with Gasteiger partial charge >= 0.3 is 0 Å². The lowest BCUT2D eigenvalue weighted by Gasteiger charge is -2.25. The van der Waals surface area contributed by atoms with E-state index in [1.165, 1.54) is 6.92 Å². The number of alkyl halides is 1. The van der Waals surface area contributed by atoms with Gasteiger partial charge in [-0.2, -0.15) is 5.26 Å². The first-order valence-electron chi connectivity index (χ1n) is 5.12. The maximum absolute atomic E-state index is 13.5. The number of amides is 1. The molecule has 1 rings (SSSR count). The minimum Gasteiger partial charge on any atom is -0.393 e. The van der Waals surface area contributed by atoms with Crippen molar-refractivity contribution in [3.05, 3.63) is 0 Å². The Morgan fingerprint density at radius 1 is 1.81 bits per heavy atom. The van der Waals surface area contributed by atoms with E-state index in [0.717, 1.165) is 0 Å². The third-order valence-electron chi connectivity index (χ3n) is 2.72. The van der Waals surface area contributed by atoms with Crippen molar-refractivity contribution in [2.75, 3.05) is 6.61 Å². The summed E-state index contributed by atoms with van der Waals surface area (Å²) >= 11 is 0. The van der Waals surface area contributed by atoms with Crippen molar-refractivity contribution in [2.24, 2.45) is 5.73 Å². The third kappa shape index (κ3) is 3.15.